The fraction of sp³-hybridized carbons (Fsp3) is 0.350. The van der Waals surface area contributed by atoms with E-state index in [4.69, 9.17) is 4.52 Å². The largest absolute Gasteiger partial charge is 0.348 e. The van der Waals surface area contributed by atoms with Gasteiger partial charge in [0.25, 0.3) is 5.91 Å². The molecule has 2 fully saturated rings. The highest BCUT2D eigenvalue weighted by molar-refractivity contribution is 6.03. The Morgan fingerprint density at radius 2 is 2.07 bits per heavy atom. The summed E-state index contributed by atoms with van der Waals surface area (Å²) >= 11 is 0. The number of nitrogens with one attached hydrogen (secondary N) is 1. The number of nitrogens with zero attached hydrogens (tertiary/aromatic N) is 3. The minimum absolute atomic E-state index is 0. The first-order valence-corrected chi connectivity index (χ1v) is 9.01. The summed E-state index contributed by atoms with van der Waals surface area (Å²) in [5.74, 6) is 1.09. The molecule has 3 aromatic rings. The third-order valence-electron chi connectivity index (χ3n) is 5.78. The number of fused-ring (bicyclic) bond motifs is 2. The minimum atomic E-state index is -0.0943. The predicted molar refractivity (Wildman–Crippen MR) is 104 cm³/mol. The Morgan fingerprint density at radius 1 is 1.22 bits per heavy atom. The van der Waals surface area contributed by atoms with Crippen molar-refractivity contribution in [1.82, 2.24) is 20.4 Å². The highest BCUT2D eigenvalue weighted by atomic mass is 35.5. The molecule has 0 bridgehead atoms. The molecule has 27 heavy (non-hydrogen) atoms. The molecule has 2 aromatic heterocycles. The van der Waals surface area contributed by atoms with E-state index in [1.165, 1.54) is 11.1 Å². The number of benzene rings is 1. The lowest BCUT2D eigenvalue weighted by molar-refractivity contribution is 0.0674. The third kappa shape index (κ3) is 2.80. The summed E-state index contributed by atoms with van der Waals surface area (Å²) in [5, 5.41) is 8.11. The van der Waals surface area contributed by atoms with Crippen LogP contribution in [0.4, 0.5) is 0 Å². The van der Waals surface area contributed by atoms with Gasteiger partial charge in [-0.25, -0.2) is 4.98 Å². The van der Waals surface area contributed by atoms with E-state index in [2.05, 4.69) is 40.6 Å². The van der Waals surface area contributed by atoms with Crippen LogP contribution in [-0.2, 0) is 0 Å². The molecule has 7 heteroatoms. The van der Waals surface area contributed by atoms with Crippen LogP contribution in [0.25, 0.3) is 11.0 Å². The maximum absolute atomic E-state index is 13.4. The van der Waals surface area contributed by atoms with Crippen molar-refractivity contribution in [2.75, 3.05) is 19.6 Å². The lowest BCUT2D eigenvalue weighted by Crippen LogP contribution is -2.35. The average molecular weight is 385 g/mol. The average Bonchev–Trinajstić information content (AvgIpc) is 3.36. The summed E-state index contributed by atoms with van der Waals surface area (Å²) in [6, 6.07) is 12.0. The minimum Gasteiger partial charge on any atom is -0.348 e. The van der Waals surface area contributed by atoms with Crippen molar-refractivity contribution in [2.24, 2.45) is 11.8 Å². The van der Waals surface area contributed by atoms with Gasteiger partial charge in [-0.05, 0) is 36.1 Å². The number of hydrogen-bond acceptors (Lipinski definition) is 5. The number of aryl methyl sites for hydroxylation is 1. The van der Waals surface area contributed by atoms with E-state index in [0.717, 1.165) is 19.6 Å². The number of amides is 1. The molecule has 2 aliphatic heterocycles. The van der Waals surface area contributed by atoms with Crippen molar-refractivity contribution in [3.63, 3.8) is 0 Å². The number of carbonyl (C=O) groups excluding carboxylic acids is 1. The van der Waals surface area contributed by atoms with Crippen LogP contribution in [0.3, 0.4) is 0 Å². The SMILES string of the molecule is Cc1ccccc1[C@@H]1[C@H]2CNC[C@H]2CN1C(=O)c1onc2ncccc12.Cl. The molecule has 2 saturated heterocycles. The fourth-order valence-corrected chi connectivity index (χ4v) is 4.52. The zero-order chi connectivity index (χ0) is 17.7. The van der Waals surface area contributed by atoms with E-state index in [9.17, 15) is 4.79 Å². The molecule has 0 spiro atoms. The monoisotopic (exact) mass is 384 g/mol. The molecule has 140 valence electrons. The van der Waals surface area contributed by atoms with Gasteiger partial charge in [0, 0.05) is 31.7 Å². The van der Waals surface area contributed by atoms with Crippen LogP contribution >= 0.6 is 12.4 Å². The van der Waals surface area contributed by atoms with Gasteiger partial charge in [-0.3, -0.25) is 4.79 Å². The lowest BCUT2D eigenvalue weighted by atomic mass is 9.87. The molecule has 0 unspecified atom stereocenters. The summed E-state index contributed by atoms with van der Waals surface area (Å²) in [5.41, 5.74) is 2.91. The molecule has 3 atom stereocenters. The zero-order valence-electron chi connectivity index (χ0n) is 15.0. The number of carbonyl (C=O) groups is 1. The molecule has 0 aliphatic carbocycles. The Morgan fingerprint density at radius 3 is 2.93 bits per heavy atom. The van der Waals surface area contributed by atoms with Gasteiger partial charge in [-0.2, -0.15) is 0 Å². The van der Waals surface area contributed by atoms with Crippen molar-refractivity contribution < 1.29 is 9.32 Å². The van der Waals surface area contributed by atoms with Crippen LogP contribution in [0.15, 0.2) is 47.1 Å². The van der Waals surface area contributed by atoms with Crippen molar-refractivity contribution in [1.29, 1.82) is 0 Å². The van der Waals surface area contributed by atoms with E-state index in [1.54, 1.807) is 12.3 Å². The molecule has 5 rings (SSSR count). The van der Waals surface area contributed by atoms with Gasteiger partial charge in [0.15, 0.2) is 0 Å². The van der Waals surface area contributed by atoms with Crippen LogP contribution in [0.1, 0.15) is 27.7 Å². The van der Waals surface area contributed by atoms with Gasteiger partial charge in [-0.15, -0.1) is 12.4 Å². The lowest BCUT2D eigenvalue weighted by Gasteiger charge is -2.28. The van der Waals surface area contributed by atoms with Crippen molar-refractivity contribution >= 4 is 29.3 Å². The molecule has 1 amide bonds. The molecule has 1 N–H and O–H groups in total. The van der Waals surface area contributed by atoms with Crippen molar-refractivity contribution in [3.05, 3.63) is 59.5 Å². The highest BCUT2D eigenvalue weighted by Gasteiger charge is 2.48. The van der Waals surface area contributed by atoms with E-state index < -0.39 is 0 Å². The van der Waals surface area contributed by atoms with Crippen LogP contribution in [-0.4, -0.2) is 40.6 Å². The maximum atomic E-state index is 13.4. The molecule has 2 aliphatic rings. The number of likely N-dealkylation sites (tertiary alicyclic amines) is 1. The Balaban J connectivity index is 0.00000180. The highest BCUT2D eigenvalue weighted by Crippen LogP contribution is 2.44. The maximum Gasteiger partial charge on any atom is 0.293 e. The quantitative estimate of drug-likeness (QED) is 0.735. The normalized spacial score (nSPS) is 24.0. The first-order chi connectivity index (χ1) is 12.7. The van der Waals surface area contributed by atoms with E-state index in [1.807, 2.05) is 17.0 Å². The van der Waals surface area contributed by atoms with Gasteiger partial charge < -0.3 is 14.7 Å². The molecule has 4 heterocycles. The first kappa shape index (κ1) is 17.9. The number of pyridine rings is 1. The molecular formula is C20H21ClN4O2. The Bertz CT molecular complexity index is 989. The van der Waals surface area contributed by atoms with Gasteiger partial charge in [0.2, 0.25) is 11.4 Å². The molecule has 0 radical (unpaired) electrons. The van der Waals surface area contributed by atoms with Crippen LogP contribution < -0.4 is 5.32 Å². The fourth-order valence-electron chi connectivity index (χ4n) is 4.52. The predicted octanol–water partition coefficient (Wildman–Crippen LogP) is 2.99. The van der Waals surface area contributed by atoms with E-state index in [0.29, 0.717) is 28.6 Å². The Hall–Kier alpha value is -2.44. The van der Waals surface area contributed by atoms with Crippen molar-refractivity contribution in [3.8, 4) is 0 Å². The summed E-state index contributed by atoms with van der Waals surface area (Å²) in [6.07, 6.45) is 1.65. The summed E-state index contributed by atoms with van der Waals surface area (Å²) in [7, 11) is 0. The van der Waals surface area contributed by atoms with Gasteiger partial charge in [0.1, 0.15) is 0 Å². The second-order valence-electron chi connectivity index (χ2n) is 7.23. The number of hydrogen-bond donors (Lipinski definition) is 1. The molecule has 6 nitrogen and oxygen atoms in total. The van der Waals surface area contributed by atoms with Gasteiger partial charge >= 0.3 is 0 Å². The standard InChI is InChI=1S/C20H20N4O2.ClH/c1-12-5-2-3-6-14(12)17-16-10-21-9-13(16)11-24(17)20(25)18-15-7-4-8-22-19(15)23-26-18;/h2-8,13,16-17,21H,9-11H2,1H3;1H/t13-,16-,17+;/m0./s1. The third-order valence-corrected chi connectivity index (χ3v) is 5.78. The van der Waals surface area contributed by atoms with Gasteiger partial charge in [-0.1, -0.05) is 29.4 Å². The number of aromatic nitrogens is 2. The van der Waals surface area contributed by atoms with Crippen molar-refractivity contribution in [2.45, 2.75) is 13.0 Å². The Kier molecular flexibility index (Phi) is 4.61. The molecule has 1 aromatic carbocycles. The zero-order valence-corrected chi connectivity index (χ0v) is 15.8. The van der Waals surface area contributed by atoms with Crippen LogP contribution in [0.2, 0.25) is 0 Å². The molecule has 0 saturated carbocycles. The second kappa shape index (κ2) is 6.94. The van der Waals surface area contributed by atoms with Crippen LogP contribution in [0, 0.1) is 18.8 Å². The van der Waals surface area contributed by atoms with E-state index in [-0.39, 0.29) is 24.4 Å². The van der Waals surface area contributed by atoms with Crippen LogP contribution in [0.5, 0.6) is 0 Å². The smallest absolute Gasteiger partial charge is 0.293 e. The number of halogens is 1. The van der Waals surface area contributed by atoms with Gasteiger partial charge in [0.05, 0.1) is 11.4 Å². The Labute approximate surface area is 163 Å². The number of rotatable bonds is 2. The summed E-state index contributed by atoms with van der Waals surface area (Å²) in [4.78, 5) is 19.5. The molecular weight excluding hydrogens is 364 g/mol. The second-order valence-corrected chi connectivity index (χ2v) is 7.23. The summed E-state index contributed by atoms with van der Waals surface area (Å²) in [6.45, 7) is 4.74. The van der Waals surface area contributed by atoms with E-state index >= 15 is 0 Å². The topological polar surface area (TPSA) is 71.3 Å². The summed E-state index contributed by atoms with van der Waals surface area (Å²) < 4.78 is 5.41. The first-order valence-electron chi connectivity index (χ1n) is 9.01.